The highest BCUT2D eigenvalue weighted by atomic mass is 35.5. The molecular formula is C14H17ClN2S. The van der Waals surface area contributed by atoms with Gasteiger partial charge < -0.3 is 0 Å². The molecule has 1 aromatic carbocycles. The van der Waals surface area contributed by atoms with Gasteiger partial charge in [-0.25, -0.2) is 0 Å². The van der Waals surface area contributed by atoms with E-state index in [4.69, 9.17) is 17.4 Å². The Kier molecular flexibility index (Phi) is 4.40. The molecule has 4 heteroatoms. The summed E-state index contributed by atoms with van der Waals surface area (Å²) in [5, 5.41) is 0.794. The minimum atomic E-state index is 0.113. The second-order valence-electron chi connectivity index (χ2n) is 4.40. The molecule has 0 saturated heterocycles. The Balaban J connectivity index is 2.22. The highest BCUT2D eigenvalue weighted by molar-refractivity contribution is 7.12. The Hall–Kier alpha value is -0.870. The number of nitrogens with two attached hydrogens (primary N) is 1. The zero-order chi connectivity index (χ0) is 13.1. The topological polar surface area (TPSA) is 38.0 Å². The average Bonchev–Trinajstić information content (AvgIpc) is 2.68. The van der Waals surface area contributed by atoms with Crippen LogP contribution in [0.2, 0.25) is 5.02 Å². The third-order valence-corrected chi connectivity index (χ3v) is 4.75. The summed E-state index contributed by atoms with van der Waals surface area (Å²) in [5.74, 6) is 5.68. The number of hydrogen-bond acceptors (Lipinski definition) is 3. The van der Waals surface area contributed by atoms with E-state index in [0.717, 1.165) is 17.0 Å². The van der Waals surface area contributed by atoms with Crippen LogP contribution in [0.3, 0.4) is 0 Å². The van der Waals surface area contributed by atoms with Crippen LogP contribution in [-0.4, -0.2) is 0 Å². The summed E-state index contributed by atoms with van der Waals surface area (Å²) in [6.07, 6.45) is 0.801. The molecule has 96 valence electrons. The summed E-state index contributed by atoms with van der Waals surface area (Å²) in [6.45, 7) is 4.25. The molecule has 2 rings (SSSR count). The summed E-state index contributed by atoms with van der Waals surface area (Å²) in [7, 11) is 0. The number of hydrazine groups is 1. The van der Waals surface area contributed by atoms with Crippen LogP contribution in [0.1, 0.15) is 26.9 Å². The Morgan fingerprint density at radius 3 is 2.61 bits per heavy atom. The van der Waals surface area contributed by atoms with Crippen LogP contribution in [0.5, 0.6) is 0 Å². The molecule has 0 amide bonds. The lowest BCUT2D eigenvalue weighted by atomic mass is 10.0. The van der Waals surface area contributed by atoms with Gasteiger partial charge in [0.1, 0.15) is 0 Å². The van der Waals surface area contributed by atoms with Crippen LogP contribution in [0.4, 0.5) is 0 Å². The molecule has 0 saturated carbocycles. The van der Waals surface area contributed by atoms with Gasteiger partial charge in [-0.1, -0.05) is 29.8 Å². The van der Waals surface area contributed by atoms with Crippen LogP contribution >= 0.6 is 22.9 Å². The number of benzene rings is 1. The number of rotatable bonds is 4. The summed E-state index contributed by atoms with van der Waals surface area (Å²) in [6, 6.07) is 10.2. The van der Waals surface area contributed by atoms with E-state index < -0.39 is 0 Å². The predicted octanol–water partition coefficient (Wildman–Crippen LogP) is 3.77. The fourth-order valence-electron chi connectivity index (χ4n) is 1.90. The van der Waals surface area contributed by atoms with Gasteiger partial charge >= 0.3 is 0 Å². The number of halogens is 1. The number of nitrogens with one attached hydrogen (secondary N) is 1. The van der Waals surface area contributed by atoms with Gasteiger partial charge in [0, 0.05) is 14.8 Å². The Morgan fingerprint density at radius 2 is 2.06 bits per heavy atom. The maximum atomic E-state index is 6.18. The summed E-state index contributed by atoms with van der Waals surface area (Å²) in [4.78, 5) is 2.59. The average molecular weight is 281 g/mol. The first-order chi connectivity index (χ1) is 8.61. The Labute approximate surface area is 117 Å². The molecule has 3 N–H and O–H groups in total. The van der Waals surface area contributed by atoms with Crippen molar-refractivity contribution in [2.45, 2.75) is 26.3 Å². The zero-order valence-electron chi connectivity index (χ0n) is 10.5. The SMILES string of the molecule is Cc1cc(C(Cc2ccccc2Cl)NN)sc1C. The molecule has 0 aliphatic heterocycles. The lowest BCUT2D eigenvalue weighted by Crippen LogP contribution is -2.29. The molecule has 2 nitrogen and oxygen atoms in total. The highest BCUT2D eigenvalue weighted by Crippen LogP contribution is 2.29. The molecule has 0 spiro atoms. The first-order valence-corrected chi connectivity index (χ1v) is 7.07. The molecule has 2 aromatic rings. The molecule has 1 heterocycles. The van der Waals surface area contributed by atoms with E-state index in [1.807, 2.05) is 24.3 Å². The second-order valence-corrected chi connectivity index (χ2v) is 6.10. The molecule has 0 aliphatic carbocycles. The van der Waals surface area contributed by atoms with Gasteiger partial charge in [0.15, 0.2) is 0 Å². The van der Waals surface area contributed by atoms with E-state index in [1.54, 1.807) is 11.3 Å². The first-order valence-electron chi connectivity index (χ1n) is 5.88. The molecule has 0 aliphatic rings. The quantitative estimate of drug-likeness (QED) is 0.661. The summed E-state index contributed by atoms with van der Waals surface area (Å²) >= 11 is 7.97. The van der Waals surface area contributed by atoms with E-state index in [1.165, 1.54) is 15.3 Å². The predicted molar refractivity (Wildman–Crippen MR) is 79.0 cm³/mol. The normalized spacial score (nSPS) is 12.7. The minimum absolute atomic E-state index is 0.113. The van der Waals surface area contributed by atoms with Crippen LogP contribution in [0, 0.1) is 13.8 Å². The van der Waals surface area contributed by atoms with Gasteiger partial charge in [-0.2, -0.15) is 0 Å². The van der Waals surface area contributed by atoms with Gasteiger partial charge in [0.25, 0.3) is 0 Å². The fourth-order valence-corrected chi connectivity index (χ4v) is 3.21. The lowest BCUT2D eigenvalue weighted by Gasteiger charge is -2.15. The second kappa shape index (κ2) is 5.85. The number of aryl methyl sites for hydroxylation is 2. The van der Waals surface area contributed by atoms with Crippen molar-refractivity contribution in [2.24, 2.45) is 5.84 Å². The molecule has 0 fully saturated rings. The molecule has 1 aromatic heterocycles. The van der Waals surface area contributed by atoms with Crippen molar-refractivity contribution in [3.05, 3.63) is 56.2 Å². The molecule has 0 radical (unpaired) electrons. The fraction of sp³-hybridized carbons (Fsp3) is 0.286. The van der Waals surface area contributed by atoms with Crippen molar-refractivity contribution in [1.29, 1.82) is 0 Å². The van der Waals surface area contributed by atoms with Gasteiger partial charge in [0.2, 0.25) is 0 Å². The van der Waals surface area contributed by atoms with Crippen LogP contribution in [0.15, 0.2) is 30.3 Å². The van der Waals surface area contributed by atoms with E-state index in [2.05, 4.69) is 25.3 Å². The van der Waals surface area contributed by atoms with Crippen molar-refractivity contribution in [1.82, 2.24) is 5.43 Å². The van der Waals surface area contributed by atoms with E-state index in [-0.39, 0.29) is 6.04 Å². The number of hydrogen-bond donors (Lipinski definition) is 2. The first kappa shape index (κ1) is 13.6. The van der Waals surface area contributed by atoms with E-state index >= 15 is 0 Å². The van der Waals surface area contributed by atoms with Crippen molar-refractivity contribution in [3.8, 4) is 0 Å². The monoisotopic (exact) mass is 280 g/mol. The molecule has 18 heavy (non-hydrogen) atoms. The smallest absolute Gasteiger partial charge is 0.0594 e. The third-order valence-electron chi connectivity index (χ3n) is 3.11. The van der Waals surface area contributed by atoms with Gasteiger partial charge in [-0.05, 0) is 43.5 Å². The maximum absolute atomic E-state index is 6.18. The van der Waals surface area contributed by atoms with Gasteiger partial charge in [-0.15, -0.1) is 11.3 Å². The maximum Gasteiger partial charge on any atom is 0.0594 e. The standard InChI is InChI=1S/C14H17ClN2S/c1-9-7-14(18-10(9)2)13(17-16)8-11-5-3-4-6-12(11)15/h3-7,13,17H,8,16H2,1-2H3. The Bertz CT molecular complexity index is 517. The molecular weight excluding hydrogens is 264 g/mol. The van der Waals surface area contributed by atoms with Gasteiger partial charge in [0.05, 0.1) is 6.04 Å². The van der Waals surface area contributed by atoms with Crippen LogP contribution in [0.25, 0.3) is 0 Å². The van der Waals surface area contributed by atoms with Crippen molar-refractivity contribution < 1.29 is 0 Å². The van der Waals surface area contributed by atoms with E-state index in [0.29, 0.717) is 0 Å². The number of thiophene rings is 1. The third kappa shape index (κ3) is 2.93. The Morgan fingerprint density at radius 1 is 1.33 bits per heavy atom. The molecule has 1 unspecified atom stereocenters. The van der Waals surface area contributed by atoms with Crippen LogP contribution in [-0.2, 0) is 6.42 Å². The molecule has 1 atom stereocenters. The largest absolute Gasteiger partial charge is 0.271 e. The molecule has 0 bridgehead atoms. The summed E-state index contributed by atoms with van der Waals surface area (Å²) < 4.78 is 0. The van der Waals surface area contributed by atoms with Crippen molar-refractivity contribution >= 4 is 22.9 Å². The summed E-state index contributed by atoms with van der Waals surface area (Å²) in [5.41, 5.74) is 5.32. The van der Waals surface area contributed by atoms with Crippen molar-refractivity contribution in [3.63, 3.8) is 0 Å². The van der Waals surface area contributed by atoms with E-state index in [9.17, 15) is 0 Å². The zero-order valence-corrected chi connectivity index (χ0v) is 12.1. The highest BCUT2D eigenvalue weighted by Gasteiger charge is 2.15. The minimum Gasteiger partial charge on any atom is -0.271 e. The lowest BCUT2D eigenvalue weighted by molar-refractivity contribution is 0.560. The van der Waals surface area contributed by atoms with Crippen LogP contribution < -0.4 is 11.3 Å². The van der Waals surface area contributed by atoms with Crippen molar-refractivity contribution in [2.75, 3.05) is 0 Å². The van der Waals surface area contributed by atoms with Gasteiger partial charge in [-0.3, -0.25) is 11.3 Å².